The Morgan fingerprint density at radius 3 is 2.57 bits per heavy atom. The van der Waals surface area contributed by atoms with E-state index in [-0.39, 0.29) is 19.1 Å². The number of hydrogen-bond donors (Lipinski definition) is 1. The van der Waals surface area contributed by atoms with Crippen molar-refractivity contribution in [2.45, 2.75) is 19.4 Å². The minimum atomic E-state index is -0.840. The molecule has 0 radical (unpaired) electrons. The van der Waals surface area contributed by atoms with E-state index >= 15 is 0 Å². The molecule has 30 heavy (non-hydrogen) atoms. The Hall–Kier alpha value is -3.12. The highest BCUT2D eigenvalue weighted by Crippen LogP contribution is 2.28. The number of carbonyl (C=O) groups excluding carboxylic acids is 1. The summed E-state index contributed by atoms with van der Waals surface area (Å²) < 4.78 is 16.3. The lowest BCUT2D eigenvalue weighted by Crippen LogP contribution is -2.32. The monoisotopic (exact) mass is 425 g/mol. The average Bonchev–Trinajstić information content (AvgIpc) is 2.75. The molecule has 0 bridgehead atoms. The van der Waals surface area contributed by atoms with E-state index in [1.54, 1.807) is 19.2 Å². The molecule has 0 saturated carbocycles. The summed E-state index contributed by atoms with van der Waals surface area (Å²) in [5, 5.41) is 3.45. The summed E-state index contributed by atoms with van der Waals surface area (Å²) in [4.78, 5) is 12.7. The van der Waals surface area contributed by atoms with Gasteiger partial charge >= 0.3 is 0 Å². The molecule has 0 fully saturated rings. The number of methoxy groups -OCH3 is 1. The first kappa shape index (κ1) is 23.2. The summed E-state index contributed by atoms with van der Waals surface area (Å²) >= 11 is 6.19. The van der Waals surface area contributed by atoms with Crippen LogP contribution in [0.15, 0.2) is 36.4 Å². The van der Waals surface area contributed by atoms with Crippen LogP contribution in [0, 0.1) is 31.6 Å². The molecular weight excluding hydrogens is 402 g/mol. The fourth-order valence-corrected chi connectivity index (χ4v) is 2.94. The molecule has 0 heterocycles. The van der Waals surface area contributed by atoms with Gasteiger partial charge in [-0.2, -0.15) is 0 Å². The minimum absolute atomic E-state index is 0.0138. The Labute approximate surface area is 182 Å². The molecule has 2 rings (SSSR count). The Balaban J connectivity index is 2.02. The van der Waals surface area contributed by atoms with Crippen molar-refractivity contribution in [3.63, 3.8) is 0 Å². The van der Waals surface area contributed by atoms with E-state index in [0.717, 1.165) is 11.1 Å². The highest BCUT2D eigenvalue weighted by Gasteiger charge is 2.21. The lowest BCUT2D eigenvalue weighted by molar-refractivity contribution is -0.132. The number of halogens is 1. The molecule has 0 aliphatic heterocycles. The summed E-state index contributed by atoms with van der Waals surface area (Å²) in [5.74, 6) is 5.67. The predicted molar refractivity (Wildman–Crippen MR) is 118 cm³/mol. The van der Waals surface area contributed by atoms with Crippen LogP contribution in [0.3, 0.4) is 0 Å². The standard InChI is InChI=1S/C24H24ClNO4/c1-5-13-29-21-10-8-18(15-22(21)28-4)11-12-26-24(27)23(30-14-6-2)19-9-7-17(3)20(25)16-19/h1-2,7-10,15-16,23H,11-14H2,3-4H3,(H,26,27). The van der Waals surface area contributed by atoms with Gasteiger partial charge in [0.25, 0.3) is 5.91 Å². The SMILES string of the molecule is C#CCOc1ccc(CCNC(=O)C(OCC#C)c2ccc(C)c(Cl)c2)cc1OC. The van der Waals surface area contributed by atoms with E-state index in [1.807, 2.05) is 31.2 Å². The van der Waals surface area contributed by atoms with Crippen LogP contribution >= 0.6 is 11.6 Å². The van der Waals surface area contributed by atoms with Gasteiger partial charge in [-0.1, -0.05) is 41.6 Å². The number of rotatable bonds is 10. The second kappa shape index (κ2) is 11.8. The van der Waals surface area contributed by atoms with Gasteiger partial charge in [0.1, 0.15) is 13.2 Å². The van der Waals surface area contributed by atoms with Gasteiger partial charge in [0.05, 0.1) is 7.11 Å². The van der Waals surface area contributed by atoms with Gasteiger partial charge in [0, 0.05) is 11.6 Å². The smallest absolute Gasteiger partial charge is 0.253 e. The maximum Gasteiger partial charge on any atom is 0.253 e. The van der Waals surface area contributed by atoms with Crippen molar-refractivity contribution < 1.29 is 19.0 Å². The molecule has 0 spiro atoms. The van der Waals surface area contributed by atoms with Crippen LogP contribution in [0.1, 0.15) is 22.8 Å². The van der Waals surface area contributed by atoms with Gasteiger partial charge in [-0.05, 0) is 48.2 Å². The fourth-order valence-electron chi connectivity index (χ4n) is 2.76. The van der Waals surface area contributed by atoms with Crippen LogP contribution in [-0.2, 0) is 16.0 Å². The van der Waals surface area contributed by atoms with E-state index < -0.39 is 6.10 Å². The quantitative estimate of drug-likeness (QED) is 0.589. The molecular formula is C24H24ClNO4. The van der Waals surface area contributed by atoms with Crippen molar-refractivity contribution in [1.29, 1.82) is 0 Å². The molecule has 0 aliphatic rings. The largest absolute Gasteiger partial charge is 0.493 e. The highest BCUT2D eigenvalue weighted by atomic mass is 35.5. The van der Waals surface area contributed by atoms with Gasteiger partial charge in [-0.25, -0.2) is 0 Å². The third-order valence-electron chi connectivity index (χ3n) is 4.32. The first-order valence-corrected chi connectivity index (χ1v) is 9.70. The maximum atomic E-state index is 12.7. The molecule has 0 aromatic heterocycles. The Bertz CT molecular complexity index is 959. The lowest BCUT2D eigenvalue weighted by Gasteiger charge is -2.18. The summed E-state index contributed by atoms with van der Waals surface area (Å²) in [5.41, 5.74) is 2.54. The normalized spacial score (nSPS) is 11.1. The Morgan fingerprint density at radius 2 is 1.90 bits per heavy atom. The third kappa shape index (κ3) is 6.46. The van der Waals surface area contributed by atoms with Crippen LogP contribution in [0.4, 0.5) is 0 Å². The summed E-state index contributed by atoms with van der Waals surface area (Å²) in [6.45, 7) is 2.47. The highest BCUT2D eigenvalue weighted by molar-refractivity contribution is 6.31. The molecule has 5 nitrogen and oxygen atoms in total. The van der Waals surface area contributed by atoms with Gasteiger partial charge < -0.3 is 19.5 Å². The molecule has 1 N–H and O–H groups in total. The second-order valence-corrected chi connectivity index (χ2v) is 6.83. The summed E-state index contributed by atoms with van der Waals surface area (Å²) in [7, 11) is 1.56. The van der Waals surface area contributed by atoms with Crippen LogP contribution in [0.2, 0.25) is 5.02 Å². The van der Waals surface area contributed by atoms with Crippen LogP contribution in [-0.4, -0.2) is 32.8 Å². The Morgan fingerprint density at radius 1 is 1.13 bits per heavy atom. The number of aryl methyl sites for hydroxylation is 1. The maximum absolute atomic E-state index is 12.7. The molecule has 156 valence electrons. The number of ether oxygens (including phenoxy) is 3. The summed E-state index contributed by atoms with van der Waals surface area (Å²) in [6, 6.07) is 10.9. The minimum Gasteiger partial charge on any atom is -0.493 e. The van der Waals surface area contributed by atoms with E-state index in [0.29, 0.717) is 35.1 Å². The van der Waals surface area contributed by atoms with Crippen molar-refractivity contribution in [3.8, 4) is 36.2 Å². The van der Waals surface area contributed by atoms with Gasteiger partial charge in [0.2, 0.25) is 0 Å². The van der Waals surface area contributed by atoms with Gasteiger partial charge in [-0.15, -0.1) is 12.8 Å². The number of hydrogen-bond acceptors (Lipinski definition) is 4. The summed E-state index contributed by atoms with van der Waals surface area (Å²) in [6.07, 6.45) is 10.3. The molecule has 0 saturated heterocycles. The van der Waals surface area contributed by atoms with Crippen molar-refractivity contribution >= 4 is 17.5 Å². The average molecular weight is 426 g/mol. The van der Waals surface area contributed by atoms with Crippen LogP contribution < -0.4 is 14.8 Å². The fraction of sp³-hybridized carbons (Fsp3) is 0.292. The molecule has 1 amide bonds. The van der Waals surface area contributed by atoms with E-state index in [9.17, 15) is 4.79 Å². The second-order valence-electron chi connectivity index (χ2n) is 6.42. The zero-order valence-electron chi connectivity index (χ0n) is 17.0. The van der Waals surface area contributed by atoms with Crippen LogP contribution in [0.25, 0.3) is 0 Å². The first-order valence-electron chi connectivity index (χ1n) is 9.32. The molecule has 2 aromatic carbocycles. The number of terminal acetylenes is 2. The zero-order valence-corrected chi connectivity index (χ0v) is 17.8. The van der Waals surface area contributed by atoms with E-state index in [4.69, 9.17) is 38.7 Å². The lowest BCUT2D eigenvalue weighted by atomic mass is 10.1. The molecule has 6 heteroatoms. The number of carbonyl (C=O) groups is 1. The van der Waals surface area contributed by atoms with Crippen LogP contribution in [0.5, 0.6) is 11.5 Å². The van der Waals surface area contributed by atoms with Crippen molar-refractivity contribution in [2.75, 3.05) is 26.9 Å². The number of amides is 1. The number of nitrogens with one attached hydrogen (secondary N) is 1. The topological polar surface area (TPSA) is 56.8 Å². The van der Waals surface area contributed by atoms with Crippen molar-refractivity contribution in [1.82, 2.24) is 5.32 Å². The molecule has 0 aliphatic carbocycles. The molecule has 1 atom stereocenters. The Kier molecular flexibility index (Phi) is 9.09. The first-order chi connectivity index (χ1) is 14.5. The third-order valence-corrected chi connectivity index (χ3v) is 4.73. The van der Waals surface area contributed by atoms with Crippen molar-refractivity contribution in [2.24, 2.45) is 0 Å². The van der Waals surface area contributed by atoms with Gasteiger partial charge in [0.15, 0.2) is 17.6 Å². The zero-order chi connectivity index (χ0) is 21.9. The van der Waals surface area contributed by atoms with E-state index in [1.165, 1.54) is 0 Å². The van der Waals surface area contributed by atoms with Crippen molar-refractivity contribution in [3.05, 3.63) is 58.1 Å². The molecule has 1 unspecified atom stereocenters. The number of benzene rings is 2. The van der Waals surface area contributed by atoms with E-state index in [2.05, 4.69) is 17.2 Å². The van der Waals surface area contributed by atoms with Gasteiger partial charge in [-0.3, -0.25) is 4.79 Å². The molecule has 2 aromatic rings. The predicted octanol–water partition coefficient (Wildman–Crippen LogP) is 3.72.